The van der Waals surface area contributed by atoms with Gasteiger partial charge in [-0.3, -0.25) is 14.9 Å². The highest BCUT2D eigenvalue weighted by atomic mass is 16.6. The summed E-state index contributed by atoms with van der Waals surface area (Å²) in [6.45, 7) is -0.108. The molecule has 4 rings (SSSR count). The number of hydrogen-bond acceptors (Lipinski definition) is 8. The highest BCUT2D eigenvalue weighted by Crippen LogP contribution is 2.44. The minimum absolute atomic E-state index is 0.0783. The van der Waals surface area contributed by atoms with E-state index in [1.807, 2.05) is 48.5 Å². The fourth-order valence-electron chi connectivity index (χ4n) is 4.07. The van der Waals surface area contributed by atoms with E-state index in [0.29, 0.717) is 0 Å². The van der Waals surface area contributed by atoms with Crippen LogP contribution in [0.1, 0.15) is 17.0 Å². The Balaban J connectivity index is 1.07. The van der Waals surface area contributed by atoms with Gasteiger partial charge in [-0.1, -0.05) is 48.5 Å². The smallest absolute Gasteiger partial charge is 0.412 e. The first-order valence-electron chi connectivity index (χ1n) is 12.1. The van der Waals surface area contributed by atoms with Crippen LogP contribution in [-0.2, 0) is 14.3 Å². The van der Waals surface area contributed by atoms with Crippen molar-refractivity contribution in [3.63, 3.8) is 0 Å². The van der Waals surface area contributed by atoms with Gasteiger partial charge in [0.15, 0.2) is 0 Å². The topological polar surface area (TPSA) is 158 Å². The zero-order valence-corrected chi connectivity index (χ0v) is 20.8. The molecular formula is C27H26N4O8. The molecule has 3 N–H and O–H groups in total. The van der Waals surface area contributed by atoms with E-state index < -0.39 is 23.0 Å². The van der Waals surface area contributed by atoms with Crippen LogP contribution >= 0.6 is 0 Å². The molecule has 12 nitrogen and oxygen atoms in total. The zero-order chi connectivity index (χ0) is 27.6. The number of carbonyl (C=O) groups is 3. The van der Waals surface area contributed by atoms with Crippen molar-refractivity contribution in [3.05, 3.63) is 94.0 Å². The van der Waals surface area contributed by atoms with Gasteiger partial charge in [0.25, 0.3) is 5.69 Å². The van der Waals surface area contributed by atoms with Crippen LogP contribution in [0.3, 0.4) is 0 Å². The fourth-order valence-corrected chi connectivity index (χ4v) is 4.07. The van der Waals surface area contributed by atoms with Crippen molar-refractivity contribution >= 4 is 23.8 Å². The normalized spacial score (nSPS) is 11.6. The molecule has 0 atom stereocenters. The first-order chi connectivity index (χ1) is 18.9. The summed E-state index contributed by atoms with van der Waals surface area (Å²) in [6.07, 6.45) is -1.47. The first kappa shape index (κ1) is 27.1. The van der Waals surface area contributed by atoms with E-state index in [4.69, 9.17) is 14.2 Å². The minimum atomic E-state index is -0.760. The molecule has 39 heavy (non-hydrogen) atoms. The molecule has 0 radical (unpaired) electrons. The highest BCUT2D eigenvalue weighted by molar-refractivity contribution is 5.82. The molecule has 12 heteroatoms. The molecule has 0 heterocycles. The number of ether oxygens (including phenoxy) is 3. The van der Waals surface area contributed by atoms with Crippen LogP contribution in [0.15, 0.2) is 72.8 Å². The van der Waals surface area contributed by atoms with E-state index >= 15 is 0 Å². The van der Waals surface area contributed by atoms with Gasteiger partial charge in [0, 0.05) is 24.6 Å². The monoisotopic (exact) mass is 534 g/mol. The summed E-state index contributed by atoms with van der Waals surface area (Å²) < 4.78 is 15.6. The average molecular weight is 535 g/mol. The van der Waals surface area contributed by atoms with Gasteiger partial charge in [-0.15, -0.1) is 0 Å². The number of alkyl carbamates (subject to hydrolysis) is 1. The molecule has 0 fully saturated rings. The molecule has 0 spiro atoms. The third-order valence-electron chi connectivity index (χ3n) is 5.88. The predicted molar refractivity (Wildman–Crippen MR) is 139 cm³/mol. The number of rotatable bonds is 11. The SMILES string of the molecule is O=C(CNC(=O)OCC1c2ccccc2-c2ccccc21)NCOCCNC(=O)Oc1ccc([N+](=O)[O-])cc1. The van der Waals surface area contributed by atoms with Crippen molar-refractivity contribution in [2.24, 2.45) is 0 Å². The van der Waals surface area contributed by atoms with Crippen molar-refractivity contribution in [3.8, 4) is 16.9 Å². The van der Waals surface area contributed by atoms with Gasteiger partial charge >= 0.3 is 12.2 Å². The van der Waals surface area contributed by atoms with Crippen molar-refractivity contribution in [1.82, 2.24) is 16.0 Å². The molecule has 0 aromatic heterocycles. The molecule has 0 aliphatic heterocycles. The number of carbonyl (C=O) groups excluding carboxylic acids is 3. The van der Waals surface area contributed by atoms with Crippen LogP contribution in [0.5, 0.6) is 5.75 Å². The standard InChI is InChI=1S/C27H26N4O8/c32-25(30-17-37-14-13-28-27(34)39-19-11-9-18(10-12-19)31(35)36)15-29-26(33)38-16-24-22-7-3-1-5-20(22)21-6-2-4-8-23(21)24/h1-12,24H,13-17H2,(H,28,34)(H,29,33)(H,30,32). The number of fused-ring (bicyclic) bond motifs is 3. The van der Waals surface area contributed by atoms with Crippen LogP contribution in [0.4, 0.5) is 15.3 Å². The highest BCUT2D eigenvalue weighted by Gasteiger charge is 2.29. The largest absolute Gasteiger partial charge is 0.449 e. The lowest BCUT2D eigenvalue weighted by atomic mass is 9.98. The van der Waals surface area contributed by atoms with Crippen LogP contribution in [0, 0.1) is 10.1 Å². The van der Waals surface area contributed by atoms with Gasteiger partial charge in [-0.2, -0.15) is 0 Å². The van der Waals surface area contributed by atoms with E-state index in [9.17, 15) is 24.5 Å². The Hall–Kier alpha value is -4.97. The molecule has 0 bridgehead atoms. The second-order valence-electron chi connectivity index (χ2n) is 8.40. The van der Waals surface area contributed by atoms with Crippen LogP contribution < -0.4 is 20.7 Å². The maximum Gasteiger partial charge on any atom is 0.412 e. The molecule has 0 saturated carbocycles. The summed E-state index contributed by atoms with van der Waals surface area (Å²) >= 11 is 0. The lowest BCUT2D eigenvalue weighted by Crippen LogP contribution is -2.39. The fraction of sp³-hybridized carbons (Fsp3) is 0.222. The summed E-state index contributed by atoms with van der Waals surface area (Å²) in [5, 5.41) is 18.0. The Morgan fingerprint density at radius 1 is 0.821 bits per heavy atom. The van der Waals surface area contributed by atoms with Crippen molar-refractivity contribution in [2.45, 2.75) is 5.92 Å². The Labute approximate surface area is 223 Å². The molecule has 1 aliphatic rings. The third kappa shape index (κ3) is 7.29. The van der Waals surface area contributed by atoms with Gasteiger partial charge in [0.2, 0.25) is 5.91 Å². The summed E-state index contributed by atoms with van der Waals surface area (Å²) in [6, 6.07) is 21.0. The van der Waals surface area contributed by atoms with Gasteiger partial charge in [0.1, 0.15) is 25.6 Å². The maximum atomic E-state index is 12.2. The van der Waals surface area contributed by atoms with Gasteiger partial charge in [0.05, 0.1) is 11.5 Å². The first-order valence-corrected chi connectivity index (χ1v) is 12.1. The van der Waals surface area contributed by atoms with Crippen molar-refractivity contribution in [2.75, 3.05) is 33.0 Å². The number of nitro groups is 1. The van der Waals surface area contributed by atoms with E-state index in [1.165, 1.54) is 24.3 Å². The summed E-state index contributed by atoms with van der Waals surface area (Å²) in [4.78, 5) is 45.9. The number of nitro benzene ring substituents is 1. The minimum Gasteiger partial charge on any atom is -0.449 e. The van der Waals surface area contributed by atoms with Crippen LogP contribution in [0.25, 0.3) is 11.1 Å². The molecule has 3 aromatic carbocycles. The molecular weight excluding hydrogens is 508 g/mol. The average Bonchev–Trinajstić information content (AvgIpc) is 3.26. The molecule has 202 valence electrons. The van der Waals surface area contributed by atoms with Gasteiger partial charge < -0.3 is 30.2 Å². The molecule has 3 aromatic rings. The third-order valence-corrected chi connectivity index (χ3v) is 5.88. The Morgan fingerprint density at radius 3 is 2.10 bits per heavy atom. The Bertz CT molecular complexity index is 1300. The van der Waals surface area contributed by atoms with Gasteiger partial charge in [-0.25, -0.2) is 9.59 Å². The number of nitrogens with zero attached hydrogens (tertiary/aromatic N) is 1. The number of nitrogens with one attached hydrogen (secondary N) is 3. The second kappa shape index (κ2) is 13.0. The molecule has 3 amide bonds. The zero-order valence-electron chi connectivity index (χ0n) is 20.8. The summed E-state index contributed by atoms with van der Waals surface area (Å²) in [5.41, 5.74) is 4.31. The number of hydrogen-bond donors (Lipinski definition) is 3. The number of benzene rings is 3. The number of non-ortho nitro benzene ring substituents is 1. The summed E-state index contributed by atoms with van der Waals surface area (Å²) in [5.74, 6) is -0.408. The summed E-state index contributed by atoms with van der Waals surface area (Å²) in [7, 11) is 0. The van der Waals surface area contributed by atoms with Gasteiger partial charge in [-0.05, 0) is 34.4 Å². The van der Waals surface area contributed by atoms with Crippen LogP contribution in [0.2, 0.25) is 0 Å². The van der Waals surface area contributed by atoms with E-state index in [1.54, 1.807) is 0 Å². The van der Waals surface area contributed by atoms with E-state index in [-0.39, 0.29) is 50.4 Å². The van der Waals surface area contributed by atoms with E-state index in [0.717, 1.165) is 22.3 Å². The van der Waals surface area contributed by atoms with Crippen molar-refractivity contribution < 1.29 is 33.5 Å². The second-order valence-corrected chi connectivity index (χ2v) is 8.40. The lowest BCUT2D eigenvalue weighted by molar-refractivity contribution is -0.384. The molecule has 1 aliphatic carbocycles. The molecule has 0 unspecified atom stereocenters. The van der Waals surface area contributed by atoms with E-state index in [2.05, 4.69) is 16.0 Å². The molecule has 0 saturated heterocycles. The predicted octanol–water partition coefficient (Wildman–Crippen LogP) is 3.31. The van der Waals surface area contributed by atoms with Crippen molar-refractivity contribution in [1.29, 1.82) is 0 Å². The number of amides is 3. The Morgan fingerprint density at radius 2 is 1.46 bits per heavy atom. The quantitative estimate of drug-likeness (QED) is 0.146. The lowest BCUT2D eigenvalue weighted by Gasteiger charge is -2.14. The van der Waals surface area contributed by atoms with Crippen LogP contribution in [-0.4, -0.2) is 56.1 Å². The maximum absolute atomic E-state index is 12.2. The Kier molecular flexibility index (Phi) is 9.03.